The Kier molecular flexibility index (Phi) is 12.1. The molecule has 0 aromatic heterocycles. The molecular formula is C39H54ClN3O6S. The first-order valence-electron chi connectivity index (χ1n) is 18.5. The predicted octanol–water partition coefficient (Wildman–Crippen LogP) is 6.74. The lowest BCUT2D eigenvalue weighted by Crippen LogP contribution is -2.52. The molecule has 6 rings (SSSR count). The molecule has 3 aliphatic heterocycles. The molecule has 3 heterocycles. The van der Waals surface area contributed by atoms with Crippen molar-refractivity contribution in [2.75, 3.05) is 44.9 Å². The van der Waals surface area contributed by atoms with E-state index in [-0.39, 0.29) is 47.1 Å². The summed E-state index contributed by atoms with van der Waals surface area (Å²) in [5.41, 5.74) is 3.88. The summed E-state index contributed by atoms with van der Waals surface area (Å²) < 4.78 is 35.6. The maximum atomic E-state index is 13.5. The van der Waals surface area contributed by atoms with Crippen molar-refractivity contribution in [1.82, 2.24) is 9.62 Å². The summed E-state index contributed by atoms with van der Waals surface area (Å²) in [6.45, 7) is 10.8. The van der Waals surface area contributed by atoms with Gasteiger partial charge in [0.25, 0.3) is 5.91 Å². The van der Waals surface area contributed by atoms with Gasteiger partial charge in [-0.05, 0) is 98.2 Å². The van der Waals surface area contributed by atoms with Crippen LogP contribution < -0.4 is 14.4 Å². The third kappa shape index (κ3) is 8.19. The van der Waals surface area contributed by atoms with E-state index in [4.69, 9.17) is 25.8 Å². The molecule has 11 heteroatoms. The van der Waals surface area contributed by atoms with Crippen molar-refractivity contribution in [3.05, 3.63) is 58.1 Å². The van der Waals surface area contributed by atoms with Gasteiger partial charge in [-0.25, -0.2) is 4.21 Å². The van der Waals surface area contributed by atoms with Crippen LogP contribution in [0.3, 0.4) is 0 Å². The van der Waals surface area contributed by atoms with Gasteiger partial charge in [0.1, 0.15) is 16.7 Å². The SMILES string of the molecule is CCCc1cc(Cl)ccc1C1COc2ccc3cc2N(C1)CC1CCC1C(C1OCC(N(C)C(C)=O)CO1)CCCC(C)C(C)S(=O)NC3=O. The van der Waals surface area contributed by atoms with Crippen LogP contribution in [-0.2, 0) is 31.7 Å². The Labute approximate surface area is 305 Å². The number of hydrogen-bond donors (Lipinski definition) is 1. The highest BCUT2D eigenvalue weighted by molar-refractivity contribution is 7.84. The van der Waals surface area contributed by atoms with Crippen molar-refractivity contribution in [1.29, 1.82) is 0 Å². The molecule has 2 fully saturated rings. The first kappa shape index (κ1) is 37.1. The second-order valence-corrected chi connectivity index (χ2v) is 17.0. The van der Waals surface area contributed by atoms with E-state index < -0.39 is 11.0 Å². The van der Waals surface area contributed by atoms with Crippen LogP contribution in [-0.4, -0.2) is 78.5 Å². The van der Waals surface area contributed by atoms with Gasteiger partial charge in [0.15, 0.2) is 6.29 Å². The zero-order valence-corrected chi connectivity index (χ0v) is 31.8. The normalized spacial score (nSPS) is 32.1. The number of aryl methyl sites for hydroxylation is 1. The number of carbonyl (C=O) groups excluding carboxylic acids is 2. The number of rotatable bonds is 5. The molecule has 2 aromatic carbocycles. The Hall–Kier alpha value is -2.66. The minimum atomic E-state index is -1.53. The van der Waals surface area contributed by atoms with Gasteiger partial charge in [0.05, 0.1) is 36.8 Å². The largest absolute Gasteiger partial charge is 0.491 e. The predicted molar refractivity (Wildman–Crippen MR) is 198 cm³/mol. The van der Waals surface area contributed by atoms with E-state index in [1.54, 1.807) is 24.9 Å². The van der Waals surface area contributed by atoms with Crippen molar-refractivity contribution in [2.24, 2.45) is 23.7 Å². The molecule has 1 saturated heterocycles. The van der Waals surface area contributed by atoms with Crippen molar-refractivity contribution < 1.29 is 28.0 Å². The number of nitrogens with zero attached hydrogens (tertiary/aromatic N) is 2. The first-order chi connectivity index (χ1) is 24.0. The molecule has 2 bridgehead atoms. The Balaban J connectivity index is 1.33. The van der Waals surface area contributed by atoms with E-state index in [2.05, 4.69) is 35.6 Å². The van der Waals surface area contributed by atoms with Gasteiger partial charge in [-0.2, -0.15) is 0 Å². The summed E-state index contributed by atoms with van der Waals surface area (Å²) in [7, 11) is 0.272. The number of carbonyl (C=O) groups is 2. The smallest absolute Gasteiger partial charge is 0.263 e. The molecular weight excluding hydrogens is 674 g/mol. The third-order valence-electron chi connectivity index (χ3n) is 11.8. The number of halogens is 1. The molecule has 9 nitrogen and oxygen atoms in total. The van der Waals surface area contributed by atoms with Crippen molar-refractivity contribution >= 4 is 40.1 Å². The van der Waals surface area contributed by atoms with Crippen LogP contribution in [0.1, 0.15) is 93.6 Å². The summed E-state index contributed by atoms with van der Waals surface area (Å²) in [4.78, 5) is 29.7. The topological polar surface area (TPSA) is 97.4 Å². The molecule has 0 spiro atoms. The van der Waals surface area contributed by atoms with Gasteiger partial charge in [-0.15, -0.1) is 0 Å². The molecule has 7 atom stereocenters. The average molecular weight is 728 g/mol. The van der Waals surface area contributed by atoms with Gasteiger partial charge >= 0.3 is 0 Å². The van der Waals surface area contributed by atoms with Crippen LogP contribution in [0.15, 0.2) is 36.4 Å². The van der Waals surface area contributed by atoms with E-state index in [1.165, 1.54) is 11.1 Å². The number of hydrogen-bond acceptors (Lipinski definition) is 7. The maximum Gasteiger partial charge on any atom is 0.263 e. The number of nitrogens with one attached hydrogen (secondary N) is 1. The quantitative estimate of drug-likeness (QED) is 0.365. The Bertz CT molecular complexity index is 1550. The fraction of sp³-hybridized carbons (Fsp3) is 0.641. The molecule has 274 valence electrons. The van der Waals surface area contributed by atoms with E-state index in [0.29, 0.717) is 37.2 Å². The number of ether oxygens (including phenoxy) is 3. The average Bonchev–Trinajstić information content (AvgIpc) is 3.27. The molecule has 0 radical (unpaired) electrons. The van der Waals surface area contributed by atoms with Crippen LogP contribution in [0.25, 0.3) is 0 Å². The summed E-state index contributed by atoms with van der Waals surface area (Å²) in [6, 6.07) is 11.7. The third-order valence-corrected chi connectivity index (χ3v) is 13.6. The van der Waals surface area contributed by atoms with Crippen LogP contribution in [0, 0.1) is 23.7 Å². The molecule has 7 unspecified atom stereocenters. The molecule has 1 aliphatic carbocycles. The number of fused-ring (bicyclic) bond motifs is 2. The van der Waals surface area contributed by atoms with Crippen molar-refractivity contribution in [2.45, 2.75) is 96.1 Å². The van der Waals surface area contributed by atoms with E-state index >= 15 is 0 Å². The number of benzene rings is 2. The maximum absolute atomic E-state index is 13.5. The van der Waals surface area contributed by atoms with E-state index in [9.17, 15) is 13.8 Å². The molecule has 1 saturated carbocycles. The van der Waals surface area contributed by atoms with Crippen LogP contribution in [0.5, 0.6) is 5.75 Å². The second kappa shape index (κ2) is 16.3. The monoisotopic (exact) mass is 727 g/mol. The highest BCUT2D eigenvalue weighted by Crippen LogP contribution is 2.47. The minimum Gasteiger partial charge on any atom is -0.491 e. The zero-order chi connectivity index (χ0) is 35.5. The lowest BCUT2D eigenvalue weighted by atomic mass is 9.65. The Morgan fingerprint density at radius 2 is 1.80 bits per heavy atom. The second-order valence-electron chi connectivity index (χ2n) is 15.0. The van der Waals surface area contributed by atoms with Gasteiger partial charge in [0, 0.05) is 49.5 Å². The molecule has 50 heavy (non-hydrogen) atoms. The van der Waals surface area contributed by atoms with Gasteiger partial charge in [0.2, 0.25) is 5.91 Å². The highest BCUT2D eigenvalue weighted by atomic mass is 35.5. The molecule has 1 N–H and O–H groups in total. The Morgan fingerprint density at radius 1 is 1.02 bits per heavy atom. The summed E-state index contributed by atoms with van der Waals surface area (Å²) in [5, 5.41) is 0.538. The summed E-state index contributed by atoms with van der Waals surface area (Å²) in [5.74, 6) is 1.70. The zero-order valence-electron chi connectivity index (χ0n) is 30.2. The van der Waals surface area contributed by atoms with E-state index in [0.717, 1.165) is 74.5 Å². The Morgan fingerprint density at radius 3 is 2.50 bits per heavy atom. The minimum absolute atomic E-state index is 0.00434. The highest BCUT2D eigenvalue weighted by Gasteiger charge is 2.44. The fourth-order valence-electron chi connectivity index (χ4n) is 8.28. The molecule has 2 amide bonds. The van der Waals surface area contributed by atoms with Crippen LogP contribution in [0.4, 0.5) is 5.69 Å². The first-order valence-corrected chi connectivity index (χ1v) is 20.1. The van der Waals surface area contributed by atoms with Crippen LogP contribution >= 0.6 is 11.6 Å². The summed E-state index contributed by atoms with van der Waals surface area (Å²) >= 11 is 6.47. The van der Waals surface area contributed by atoms with E-state index in [1.807, 2.05) is 25.1 Å². The van der Waals surface area contributed by atoms with Crippen LogP contribution in [0.2, 0.25) is 5.02 Å². The number of amides is 2. The fourth-order valence-corrected chi connectivity index (χ4v) is 9.51. The lowest BCUT2D eigenvalue weighted by Gasteiger charge is -2.48. The number of anilines is 1. The molecule has 2 aromatic rings. The van der Waals surface area contributed by atoms with Crippen molar-refractivity contribution in [3.63, 3.8) is 0 Å². The van der Waals surface area contributed by atoms with Crippen molar-refractivity contribution in [3.8, 4) is 5.75 Å². The standard InChI is InChI=1S/C39H54ClN3O6S/c1-6-8-27-17-31(40)13-15-33(27)30-20-43-19-29-11-14-34(29)35(39-48-22-32(23-49-39)42(5)26(4)44)10-7-9-24(2)25(3)50(46)41-38(45)28-12-16-37(47-21-30)36(43)18-28/h12-13,15-18,24-25,29-30,32,34-35,39H,6-11,14,19-23H2,1-5H3,(H,41,45). The van der Waals surface area contributed by atoms with Gasteiger partial charge < -0.3 is 24.0 Å². The van der Waals surface area contributed by atoms with Gasteiger partial charge in [-0.3, -0.25) is 14.3 Å². The molecule has 4 aliphatic rings. The summed E-state index contributed by atoms with van der Waals surface area (Å²) in [6.07, 6.45) is 6.62. The van der Waals surface area contributed by atoms with Gasteiger partial charge in [-0.1, -0.05) is 44.4 Å². The lowest BCUT2D eigenvalue weighted by molar-refractivity contribution is -0.241. The number of likely N-dealkylation sites (N-methyl/N-ethyl adjacent to an activating group) is 1.